The van der Waals surface area contributed by atoms with Crippen molar-refractivity contribution in [2.24, 2.45) is 5.92 Å². The molecule has 24 heavy (non-hydrogen) atoms. The van der Waals surface area contributed by atoms with Gasteiger partial charge >= 0.3 is 12.6 Å². The van der Waals surface area contributed by atoms with Crippen molar-refractivity contribution in [3.8, 4) is 0 Å². The molecule has 2 amide bonds. The van der Waals surface area contributed by atoms with E-state index in [1.54, 1.807) is 4.90 Å². The molecule has 2 fully saturated rings. The van der Waals surface area contributed by atoms with Crippen molar-refractivity contribution in [3.05, 3.63) is 18.2 Å². The van der Waals surface area contributed by atoms with Crippen LogP contribution in [0.2, 0.25) is 0 Å². The normalized spacial score (nSPS) is 23.7. The van der Waals surface area contributed by atoms with E-state index in [1.165, 1.54) is 12.4 Å². The molecule has 3 heterocycles. The second-order valence-corrected chi connectivity index (χ2v) is 6.19. The third kappa shape index (κ3) is 3.51. The van der Waals surface area contributed by atoms with E-state index in [1.807, 2.05) is 6.92 Å². The summed E-state index contributed by atoms with van der Waals surface area (Å²) < 4.78 is 37.7. The Morgan fingerprint density at radius 1 is 1.50 bits per heavy atom. The highest BCUT2D eigenvalue weighted by atomic mass is 19.3. The average Bonchev–Trinajstić information content (AvgIpc) is 3.22. The first-order valence-corrected chi connectivity index (χ1v) is 8.10. The number of imidazole rings is 1. The van der Waals surface area contributed by atoms with Gasteiger partial charge in [0.05, 0.1) is 19.8 Å². The van der Waals surface area contributed by atoms with Crippen molar-refractivity contribution in [2.75, 3.05) is 26.3 Å². The number of carbonyl (C=O) groups excluding carboxylic acids is 1. The van der Waals surface area contributed by atoms with Crippen molar-refractivity contribution in [2.45, 2.75) is 38.6 Å². The molecule has 0 saturated carbocycles. The number of amides is 2. The van der Waals surface area contributed by atoms with Gasteiger partial charge in [0, 0.05) is 31.4 Å². The lowest BCUT2D eigenvalue weighted by Crippen LogP contribution is -2.51. The Balaban J connectivity index is 1.55. The summed E-state index contributed by atoms with van der Waals surface area (Å²) in [5.74, 6) is -0.422. The SMILES string of the molecule is CC1([C@@H]2CCCN(C(=O)NCc3nccn3C(F)F)C2)OCCO1. The van der Waals surface area contributed by atoms with Gasteiger partial charge in [0.15, 0.2) is 5.79 Å². The summed E-state index contributed by atoms with van der Waals surface area (Å²) in [5.41, 5.74) is 0. The van der Waals surface area contributed by atoms with E-state index in [9.17, 15) is 13.6 Å². The van der Waals surface area contributed by atoms with Crippen molar-refractivity contribution in [1.82, 2.24) is 19.8 Å². The highest BCUT2D eigenvalue weighted by Gasteiger charge is 2.42. The zero-order valence-electron chi connectivity index (χ0n) is 13.6. The summed E-state index contributed by atoms with van der Waals surface area (Å²) in [6, 6.07) is -0.287. The van der Waals surface area contributed by atoms with Crippen molar-refractivity contribution in [3.63, 3.8) is 0 Å². The van der Waals surface area contributed by atoms with Gasteiger partial charge in [0.1, 0.15) is 5.82 Å². The van der Waals surface area contributed by atoms with Crippen LogP contribution in [0.4, 0.5) is 13.6 Å². The van der Waals surface area contributed by atoms with Crippen LogP contribution in [0.25, 0.3) is 0 Å². The van der Waals surface area contributed by atoms with Crippen LogP contribution in [0.3, 0.4) is 0 Å². The fraction of sp³-hybridized carbons (Fsp3) is 0.733. The second kappa shape index (κ2) is 7.02. The third-order valence-corrected chi connectivity index (χ3v) is 4.67. The summed E-state index contributed by atoms with van der Waals surface area (Å²) in [5, 5.41) is 2.66. The van der Waals surface area contributed by atoms with Crippen LogP contribution in [-0.2, 0) is 16.0 Å². The highest BCUT2D eigenvalue weighted by molar-refractivity contribution is 5.74. The van der Waals surface area contributed by atoms with Gasteiger partial charge in [-0.25, -0.2) is 9.78 Å². The smallest absolute Gasteiger partial charge is 0.319 e. The Labute approximate surface area is 138 Å². The van der Waals surface area contributed by atoms with Gasteiger partial charge in [0.2, 0.25) is 0 Å². The molecule has 1 atom stereocenters. The Kier molecular flexibility index (Phi) is 5.00. The van der Waals surface area contributed by atoms with Crippen molar-refractivity contribution < 1.29 is 23.0 Å². The molecule has 1 aromatic heterocycles. The number of carbonyl (C=O) groups is 1. The van der Waals surface area contributed by atoms with Gasteiger partial charge in [-0.3, -0.25) is 4.57 Å². The number of hydrogen-bond acceptors (Lipinski definition) is 4. The quantitative estimate of drug-likeness (QED) is 0.907. The Morgan fingerprint density at radius 2 is 2.25 bits per heavy atom. The van der Waals surface area contributed by atoms with Crippen LogP contribution in [0.5, 0.6) is 0 Å². The number of likely N-dealkylation sites (tertiary alicyclic amines) is 1. The predicted octanol–water partition coefficient (Wildman–Crippen LogP) is 1.96. The molecule has 0 aliphatic carbocycles. The number of piperidine rings is 1. The standard InChI is InChI=1S/C15H22F2N4O3/c1-15(23-7-8-24-15)11-3-2-5-20(10-11)14(22)19-9-12-18-4-6-21(12)13(16)17/h4,6,11,13H,2-3,5,7-10H2,1H3,(H,19,22)/t11-/m1/s1. The maximum atomic E-state index is 12.8. The number of rotatable bonds is 4. The number of nitrogens with one attached hydrogen (secondary N) is 1. The maximum absolute atomic E-state index is 12.8. The lowest BCUT2D eigenvalue weighted by atomic mass is 9.90. The number of urea groups is 1. The van der Waals surface area contributed by atoms with Gasteiger partial charge in [-0.15, -0.1) is 0 Å². The van der Waals surface area contributed by atoms with Gasteiger partial charge in [-0.05, 0) is 19.8 Å². The molecule has 0 spiro atoms. The minimum Gasteiger partial charge on any atom is -0.347 e. The van der Waals surface area contributed by atoms with Crippen LogP contribution in [0, 0.1) is 5.92 Å². The van der Waals surface area contributed by atoms with Crippen LogP contribution < -0.4 is 5.32 Å². The molecular formula is C15H22F2N4O3. The topological polar surface area (TPSA) is 68.6 Å². The molecule has 9 heteroatoms. The van der Waals surface area contributed by atoms with Crippen molar-refractivity contribution >= 4 is 6.03 Å². The number of hydrogen-bond donors (Lipinski definition) is 1. The van der Waals surface area contributed by atoms with Crippen LogP contribution in [-0.4, -0.2) is 52.6 Å². The number of halogens is 2. The first-order valence-electron chi connectivity index (χ1n) is 8.10. The highest BCUT2D eigenvalue weighted by Crippen LogP contribution is 2.34. The molecule has 134 valence electrons. The van der Waals surface area contributed by atoms with Crippen molar-refractivity contribution in [1.29, 1.82) is 0 Å². The fourth-order valence-corrected chi connectivity index (χ4v) is 3.28. The van der Waals surface area contributed by atoms with E-state index >= 15 is 0 Å². The molecule has 0 radical (unpaired) electrons. The molecule has 0 aromatic carbocycles. The molecule has 1 aromatic rings. The number of ether oxygens (including phenoxy) is 2. The van der Waals surface area contributed by atoms with Crippen LogP contribution >= 0.6 is 0 Å². The van der Waals surface area contributed by atoms with E-state index in [0.29, 0.717) is 26.3 Å². The van der Waals surface area contributed by atoms with Crippen LogP contribution in [0.1, 0.15) is 32.1 Å². The number of nitrogens with zero attached hydrogens (tertiary/aromatic N) is 3. The van der Waals surface area contributed by atoms with E-state index in [2.05, 4.69) is 10.3 Å². The Hall–Kier alpha value is -1.74. The number of alkyl halides is 2. The molecule has 0 bridgehead atoms. The maximum Gasteiger partial charge on any atom is 0.319 e. The van der Waals surface area contributed by atoms with Crippen LogP contribution in [0.15, 0.2) is 12.4 Å². The van der Waals surface area contributed by atoms with Gasteiger partial charge in [-0.1, -0.05) is 0 Å². The van der Waals surface area contributed by atoms with Gasteiger partial charge < -0.3 is 19.7 Å². The van der Waals surface area contributed by atoms with E-state index in [4.69, 9.17) is 9.47 Å². The summed E-state index contributed by atoms with van der Waals surface area (Å²) in [6.07, 6.45) is 4.26. The summed E-state index contributed by atoms with van der Waals surface area (Å²) in [6.45, 7) is 1.47. The molecule has 1 N–H and O–H groups in total. The molecular weight excluding hydrogens is 322 g/mol. The molecule has 2 aliphatic rings. The molecule has 3 rings (SSSR count). The van der Waals surface area contributed by atoms with Gasteiger partial charge in [0.25, 0.3) is 0 Å². The minimum absolute atomic E-state index is 0.0401. The summed E-state index contributed by atoms with van der Waals surface area (Å²) >= 11 is 0. The van der Waals surface area contributed by atoms with E-state index < -0.39 is 12.3 Å². The Morgan fingerprint density at radius 3 is 2.96 bits per heavy atom. The molecule has 2 aliphatic heterocycles. The third-order valence-electron chi connectivity index (χ3n) is 4.67. The monoisotopic (exact) mass is 344 g/mol. The lowest BCUT2D eigenvalue weighted by Gasteiger charge is -2.39. The summed E-state index contributed by atoms with van der Waals surface area (Å²) in [7, 11) is 0. The first-order chi connectivity index (χ1) is 11.5. The largest absolute Gasteiger partial charge is 0.347 e. The zero-order chi connectivity index (χ0) is 17.2. The molecule has 2 saturated heterocycles. The zero-order valence-corrected chi connectivity index (χ0v) is 13.6. The average molecular weight is 344 g/mol. The van der Waals surface area contributed by atoms with Gasteiger partial charge in [-0.2, -0.15) is 8.78 Å². The lowest BCUT2D eigenvalue weighted by molar-refractivity contribution is -0.189. The predicted molar refractivity (Wildman–Crippen MR) is 80.3 cm³/mol. The summed E-state index contributed by atoms with van der Waals surface area (Å²) in [4.78, 5) is 17.9. The molecule has 7 nitrogen and oxygen atoms in total. The molecule has 0 unspecified atom stereocenters. The fourth-order valence-electron chi connectivity index (χ4n) is 3.28. The Bertz CT molecular complexity index is 575. The minimum atomic E-state index is -2.67. The number of aromatic nitrogens is 2. The van der Waals surface area contributed by atoms with E-state index in [0.717, 1.165) is 17.4 Å². The first kappa shape index (κ1) is 17.1. The second-order valence-electron chi connectivity index (χ2n) is 6.19. The van der Waals surface area contributed by atoms with E-state index in [-0.39, 0.29) is 24.3 Å².